The highest BCUT2D eigenvalue weighted by Gasteiger charge is 2.37. The predicted octanol–water partition coefficient (Wildman–Crippen LogP) is 5.06. The van der Waals surface area contributed by atoms with Crippen molar-refractivity contribution < 1.29 is 23.8 Å². The highest BCUT2D eigenvalue weighted by molar-refractivity contribution is 6.23. The number of ether oxygens (including phenoxy) is 3. The molecule has 0 unspecified atom stereocenters. The van der Waals surface area contributed by atoms with Gasteiger partial charge in [0.2, 0.25) is 0 Å². The molecule has 6 heteroatoms. The molecule has 0 saturated heterocycles. The van der Waals surface area contributed by atoms with Gasteiger partial charge in [0, 0.05) is 11.4 Å². The molecule has 0 saturated carbocycles. The molecular formula is C26H29NO5. The molecule has 0 aliphatic carbocycles. The Hall–Kier alpha value is -3.54. The van der Waals surface area contributed by atoms with Crippen LogP contribution in [-0.2, 0) is 14.3 Å². The number of anilines is 1. The number of hydrogen-bond donors (Lipinski definition) is 0. The average molecular weight is 436 g/mol. The molecule has 3 rings (SSSR count). The van der Waals surface area contributed by atoms with E-state index in [9.17, 15) is 9.59 Å². The number of hydrogen-bond acceptors (Lipinski definition) is 5. The Bertz CT molecular complexity index is 1070. The molecule has 0 fully saturated rings. The second-order valence-electron chi connectivity index (χ2n) is 7.47. The largest absolute Gasteiger partial charge is 0.490 e. The van der Waals surface area contributed by atoms with Crippen molar-refractivity contribution in [2.45, 2.75) is 34.1 Å². The summed E-state index contributed by atoms with van der Waals surface area (Å²) in [7, 11) is 1.31. The molecular weight excluding hydrogens is 406 g/mol. The summed E-state index contributed by atoms with van der Waals surface area (Å²) in [4.78, 5) is 27.5. The maximum absolute atomic E-state index is 13.4. The SMILES string of the molecule is CCCOc1ccc(/C=C2/C(=O)N(c3ccc(C)cc3)C(C)=C2C(=O)OC)cc1OCC. The standard InChI is InChI=1S/C26H29NO5/c1-6-14-32-22-13-10-19(16-23(22)31-7-2)15-21-24(26(29)30-5)18(4)27(25(21)28)20-11-8-17(3)9-12-20/h8-13,15-16H,6-7,14H2,1-5H3/b21-15+. The van der Waals surface area contributed by atoms with Gasteiger partial charge < -0.3 is 14.2 Å². The Morgan fingerprint density at radius 3 is 2.34 bits per heavy atom. The summed E-state index contributed by atoms with van der Waals surface area (Å²) in [5, 5.41) is 0. The molecule has 6 nitrogen and oxygen atoms in total. The van der Waals surface area contributed by atoms with Crippen molar-refractivity contribution in [2.75, 3.05) is 25.2 Å². The van der Waals surface area contributed by atoms with Gasteiger partial charge in [-0.05, 0) is 63.1 Å². The lowest BCUT2D eigenvalue weighted by molar-refractivity contribution is -0.136. The van der Waals surface area contributed by atoms with Crippen LogP contribution in [0.2, 0.25) is 0 Å². The van der Waals surface area contributed by atoms with Gasteiger partial charge in [-0.2, -0.15) is 0 Å². The fourth-order valence-corrected chi connectivity index (χ4v) is 3.57. The van der Waals surface area contributed by atoms with Crippen LogP contribution in [0.1, 0.15) is 38.3 Å². The minimum atomic E-state index is -0.551. The molecule has 1 heterocycles. The van der Waals surface area contributed by atoms with Crippen LogP contribution < -0.4 is 14.4 Å². The van der Waals surface area contributed by atoms with Crippen LogP contribution in [-0.4, -0.2) is 32.2 Å². The summed E-state index contributed by atoms with van der Waals surface area (Å²) in [5.74, 6) is 0.409. The molecule has 168 valence electrons. The summed E-state index contributed by atoms with van der Waals surface area (Å²) in [5.41, 5.74) is 3.56. The lowest BCUT2D eigenvalue weighted by Crippen LogP contribution is -2.24. The number of esters is 1. The maximum atomic E-state index is 13.4. The van der Waals surface area contributed by atoms with Crippen molar-refractivity contribution >= 4 is 23.6 Å². The molecule has 1 aliphatic heterocycles. The Labute approximate surface area is 189 Å². The van der Waals surface area contributed by atoms with Crippen LogP contribution in [0.4, 0.5) is 5.69 Å². The fourth-order valence-electron chi connectivity index (χ4n) is 3.57. The average Bonchev–Trinajstić information content (AvgIpc) is 3.03. The Balaban J connectivity index is 2.06. The molecule has 32 heavy (non-hydrogen) atoms. The van der Waals surface area contributed by atoms with Crippen LogP contribution in [0.5, 0.6) is 11.5 Å². The van der Waals surface area contributed by atoms with E-state index in [-0.39, 0.29) is 17.1 Å². The van der Waals surface area contributed by atoms with Crippen molar-refractivity contribution in [1.82, 2.24) is 0 Å². The first kappa shape index (κ1) is 23.1. The third-order valence-corrected chi connectivity index (χ3v) is 5.12. The lowest BCUT2D eigenvalue weighted by atomic mass is 10.0. The third kappa shape index (κ3) is 4.69. The quantitative estimate of drug-likeness (QED) is 0.428. The summed E-state index contributed by atoms with van der Waals surface area (Å²) in [6, 6.07) is 13.1. The molecule has 2 aromatic rings. The van der Waals surface area contributed by atoms with E-state index in [1.54, 1.807) is 17.9 Å². The van der Waals surface area contributed by atoms with Crippen LogP contribution in [0, 0.1) is 6.92 Å². The van der Waals surface area contributed by atoms with Gasteiger partial charge >= 0.3 is 5.97 Å². The second kappa shape index (κ2) is 10.2. The van der Waals surface area contributed by atoms with Gasteiger partial charge in [0.1, 0.15) is 0 Å². The number of nitrogens with zero attached hydrogens (tertiary/aromatic N) is 1. The number of allylic oxidation sites excluding steroid dienone is 1. The number of methoxy groups -OCH3 is 1. The van der Waals surface area contributed by atoms with Crippen LogP contribution in [0.15, 0.2) is 59.3 Å². The van der Waals surface area contributed by atoms with Gasteiger partial charge in [-0.1, -0.05) is 30.7 Å². The van der Waals surface area contributed by atoms with Gasteiger partial charge in [-0.3, -0.25) is 9.69 Å². The first-order valence-electron chi connectivity index (χ1n) is 10.7. The number of benzene rings is 2. The predicted molar refractivity (Wildman–Crippen MR) is 125 cm³/mol. The van der Waals surface area contributed by atoms with Crippen molar-refractivity contribution in [2.24, 2.45) is 0 Å². The number of rotatable bonds is 8. The van der Waals surface area contributed by atoms with Gasteiger partial charge in [0.05, 0.1) is 31.5 Å². The second-order valence-corrected chi connectivity index (χ2v) is 7.47. The molecule has 1 amide bonds. The zero-order valence-corrected chi connectivity index (χ0v) is 19.2. The Morgan fingerprint density at radius 1 is 1.00 bits per heavy atom. The van der Waals surface area contributed by atoms with E-state index in [1.807, 2.05) is 63.2 Å². The molecule has 2 aromatic carbocycles. The molecule has 1 aliphatic rings. The van der Waals surface area contributed by atoms with Crippen molar-refractivity contribution in [3.8, 4) is 11.5 Å². The number of aryl methyl sites for hydroxylation is 1. The lowest BCUT2D eigenvalue weighted by Gasteiger charge is -2.18. The molecule has 0 spiro atoms. The van der Waals surface area contributed by atoms with Gasteiger partial charge in [-0.15, -0.1) is 0 Å². The monoisotopic (exact) mass is 435 g/mol. The first-order chi connectivity index (χ1) is 15.4. The van der Waals surface area contributed by atoms with Gasteiger partial charge in [0.25, 0.3) is 5.91 Å². The first-order valence-corrected chi connectivity index (χ1v) is 10.7. The van der Waals surface area contributed by atoms with E-state index in [1.165, 1.54) is 7.11 Å². The normalized spacial score (nSPS) is 14.8. The van der Waals surface area contributed by atoms with Crippen molar-refractivity contribution in [1.29, 1.82) is 0 Å². The highest BCUT2D eigenvalue weighted by atomic mass is 16.5. The third-order valence-electron chi connectivity index (χ3n) is 5.12. The zero-order valence-electron chi connectivity index (χ0n) is 19.2. The maximum Gasteiger partial charge on any atom is 0.340 e. The smallest absolute Gasteiger partial charge is 0.340 e. The summed E-state index contributed by atoms with van der Waals surface area (Å²) in [6.07, 6.45) is 2.58. The highest BCUT2D eigenvalue weighted by Crippen LogP contribution is 2.36. The molecule has 0 aromatic heterocycles. The summed E-state index contributed by atoms with van der Waals surface area (Å²) >= 11 is 0. The van der Waals surface area contributed by atoms with Crippen LogP contribution in [0.25, 0.3) is 6.08 Å². The molecule has 0 radical (unpaired) electrons. The zero-order chi connectivity index (χ0) is 23.3. The Kier molecular flexibility index (Phi) is 7.36. The van der Waals surface area contributed by atoms with Crippen molar-refractivity contribution in [3.63, 3.8) is 0 Å². The summed E-state index contributed by atoms with van der Waals surface area (Å²) < 4.78 is 16.5. The molecule has 0 atom stereocenters. The van der Waals surface area contributed by atoms with Gasteiger partial charge in [0.15, 0.2) is 11.5 Å². The van der Waals surface area contributed by atoms with Gasteiger partial charge in [-0.25, -0.2) is 4.79 Å². The van der Waals surface area contributed by atoms with E-state index in [4.69, 9.17) is 14.2 Å². The minimum Gasteiger partial charge on any atom is -0.490 e. The topological polar surface area (TPSA) is 65.1 Å². The Morgan fingerprint density at radius 2 is 1.72 bits per heavy atom. The van der Waals surface area contributed by atoms with E-state index in [0.717, 1.165) is 17.5 Å². The number of carbonyl (C=O) groups excluding carboxylic acids is 2. The number of amides is 1. The van der Waals surface area contributed by atoms with E-state index >= 15 is 0 Å². The van der Waals surface area contributed by atoms with E-state index in [0.29, 0.717) is 36.1 Å². The van der Waals surface area contributed by atoms with E-state index in [2.05, 4.69) is 0 Å². The van der Waals surface area contributed by atoms with Crippen LogP contribution >= 0.6 is 0 Å². The van der Waals surface area contributed by atoms with E-state index < -0.39 is 5.97 Å². The fraction of sp³-hybridized carbons (Fsp3) is 0.308. The van der Waals surface area contributed by atoms with Crippen molar-refractivity contribution in [3.05, 3.63) is 70.4 Å². The minimum absolute atomic E-state index is 0.252. The number of carbonyl (C=O) groups is 2. The molecule has 0 bridgehead atoms. The molecule has 0 N–H and O–H groups in total. The summed E-state index contributed by atoms with van der Waals surface area (Å²) in [6.45, 7) is 8.73. The van der Waals surface area contributed by atoms with Crippen LogP contribution in [0.3, 0.4) is 0 Å².